The number of rotatable bonds is 4. The van der Waals surface area contributed by atoms with Crippen LogP contribution in [0.4, 0.5) is 8.78 Å². The van der Waals surface area contributed by atoms with E-state index in [1.807, 2.05) is 24.3 Å². The Bertz CT molecular complexity index is 543. The fourth-order valence-electron chi connectivity index (χ4n) is 1.70. The van der Waals surface area contributed by atoms with Gasteiger partial charge < -0.3 is 0 Å². The van der Waals surface area contributed by atoms with Crippen molar-refractivity contribution in [3.05, 3.63) is 51.8 Å². The zero-order chi connectivity index (χ0) is 13.1. The number of aromatic nitrogens is 2. The van der Waals surface area contributed by atoms with Crippen LogP contribution in [0.5, 0.6) is 0 Å². The van der Waals surface area contributed by atoms with Crippen molar-refractivity contribution in [2.24, 2.45) is 0 Å². The van der Waals surface area contributed by atoms with E-state index in [-0.39, 0.29) is 18.1 Å². The highest BCUT2D eigenvalue weighted by Gasteiger charge is 2.19. The molecule has 0 saturated carbocycles. The van der Waals surface area contributed by atoms with E-state index in [2.05, 4.69) is 21.0 Å². The molecule has 0 bridgehead atoms. The van der Waals surface area contributed by atoms with Gasteiger partial charge in [0.1, 0.15) is 5.69 Å². The highest BCUT2D eigenvalue weighted by molar-refractivity contribution is 9.10. The Morgan fingerprint density at radius 1 is 1.28 bits per heavy atom. The Morgan fingerprint density at radius 2 is 2.00 bits per heavy atom. The second-order valence-electron chi connectivity index (χ2n) is 3.74. The standard InChI is InChI=1S/C12H10BrClF2N2/c13-10-4-2-1-3-8(10)7-18-11(12(15)16)9(5-14)6-17-18/h1-4,6,12H,5,7H2. The van der Waals surface area contributed by atoms with Crippen LogP contribution in [0.2, 0.25) is 0 Å². The topological polar surface area (TPSA) is 17.8 Å². The van der Waals surface area contributed by atoms with Crippen LogP contribution in [0.1, 0.15) is 23.2 Å². The molecular formula is C12H10BrClF2N2. The smallest absolute Gasteiger partial charge is 0.259 e. The van der Waals surface area contributed by atoms with Gasteiger partial charge in [-0.3, -0.25) is 4.68 Å². The van der Waals surface area contributed by atoms with Crippen molar-refractivity contribution in [3.8, 4) is 0 Å². The van der Waals surface area contributed by atoms with Gasteiger partial charge in [0.05, 0.1) is 18.6 Å². The van der Waals surface area contributed by atoms with Gasteiger partial charge in [-0.2, -0.15) is 5.10 Å². The predicted molar refractivity (Wildman–Crippen MR) is 70.0 cm³/mol. The first-order valence-corrected chi connectivity index (χ1v) is 6.58. The third kappa shape index (κ3) is 2.72. The van der Waals surface area contributed by atoms with E-state index in [9.17, 15) is 8.78 Å². The summed E-state index contributed by atoms with van der Waals surface area (Å²) in [6, 6.07) is 7.45. The Balaban J connectivity index is 2.35. The van der Waals surface area contributed by atoms with Gasteiger partial charge >= 0.3 is 0 Å². The minimum atomic E-state index is -2.58. The lowest BCUT2D eigenvalue weighted by Gasteiger charge is -2.09. The normalized spacial score (nSPS) is 11.2. The van der Waals surface area contributed by atoms with Gasteiger partial charge in [0.2, 0.25) is 0 Å². The maximum absolute atomic E-state index is 13.0. The van der Waals surface area contributed by atoms with E-state index in [4.69, 9.17) is 11.6 Å². The monoisotopic (exact) mass is 334 g/mol. The van der Waals surface area contributed by atoms with Crippen LogP contribution in [-0.4, -0.2) is 9.78 Å². The van der Waals surface area contributed by atoms with Crippen molar-refractivity contribution in [1.82, 2.24) is 9.78 Å². The lowest BCUT2D eigenvalue weighted by molar-refractivity contribution is 0.139. The molecular weight excluding hydrogens is 325 g/mol. The van der Waals surface area contributed by atoms with Gasteiger partial charge in [0, 0.05) is 10.0 Å². The average molecular weight is 336 g/mol. The number of hydrogen-bond donors (Lipinski definition) is 0. The van der Waals surface area contributed by atoms with E-state index in [1.165, 1.54) is 10.9 Å². The Morgan fingerprint density at radius 3 is 2.61 bits per heavy atom. The predicted octanol–water partition coefficient (Wildman–Crippen LogP) is 4.37. The van der Waals surface area contributed by atoms with Gasteiger partial charge in [0.15, 0.2) is 0 Å². The van der Waals surface area contributed by atoms with E-state index >= 15 is 0 Å². The van der Waals surface area contributed by atoms with Crippen LogP contribution in [0.25, 0.3) is 0 Å². The third-order valence-corrected chi connectivity index (χ3v) is 3.65. The summed E-state index contributed by atoms with van der Waals surface area (Å²) in [6.07, 6.45) is -1.19. The molecule has 0 N–H and O–H groups in total. The van der Waals surface area contributed by atoms with E-state index < -0.39 is 6.43 Å². The number of benzene rings is 1. The SMILES string of the molecule is FC(F)c1c(CCl)cnn1Cc1ccccc1Br. The maximum atomic E-state index is 13.0. The lowest BCUT2D eigenvalue weighted by atomic mass is 10.2. The number of hydrogen-bond acceptors (Lipinski definition) is 1. The molecule has 0 radical (unpaired) electrons. The molecule has 1 heterocycles. The first kappa shape index (κ1) is 13.5. The first-order chi connectivity index (χ1) is 8.63. The lowest BCUT2D eigenvalue weighted by Crippen LogP contribution is -2.08. The largest absolute Gasteiger partial charge is 0.280 e. The summed E-state index contributed by atoms with van der Waals surface area (Å²) in [5.41, 5.74) is 1.16. The van der Waals surface area contributed by atoms with Crippen LogP contribution in [0.15, 0.2) is 34.9 Å². The van der Waals surface area contributed by atoms with Crippen molar-refractivity contribution < 1.29 is 8.78 Å². The summed E-state index contributed by atoms with van der Waals surface area (Å²) in [4.78, 5) is 0. The summed E-state index contributed by atoms with van der Waals surface area (Å²) in [6.45, 7) is 0.290. The van der Waals surface area contributed by atoms with Crippen LogP contribution in [-0.2, 0) is 12.4 Å². The van der Waals surface area contributed by atoms with Crippen molar-refractivity contribution in [2.45, 2.75) is 18.9 Å². The van der Waals surface area contributed by atoms with Crippen LogP contribution < -0.4 is 0 Å². The van der Waals surface area contributed by atoms with Crippen molar-refractivity contribution in [3.63, 3.8) is 0 Å². The minimum Gasteiger partial charge on any atom is -0.259 e. The molecule has 2 nitrogen and oxygen atoms in total. The number of nitrogens with zero attached hydrogens (tertiary/aromatic N) is 2. The molecule has 0 spiro atoms. The van der Waals surface area contributed by atoms with Gasteiger partial charge in [-0.25, -0.2) is 8.78 Å². The highest BCUT2D eigenvalue weighted by atomic mass is 79.9. The van der Waals surface area contributed by atoms with Gasteiger partial charge in [-0.15, -0.1) is 11.6 Å². The summed E-state index contributed by atoms with van der Waals surface area (Å²) < 4.78 is 28.1. The summed E-state index contributed by atoms with van der Waals surface area (Å²) in [7, 11) is 0. The molecule has 0 aliphatic carbocycles. The molecule has 1 aromatic carbocycles. The van der Waals surface area contributed by atoms with Gasteiger partial charge in [0.25, 0.3) is 6.43 Å². The van der Waals surface area contributed by atoms with Gasteiger partial charge in [-0.1, -0.05) is 34.1 Å². The quantitative estimate of drug-likeness (QED) is 0.759. The van der Waals surface area contributed by atoms with Gasteiger partial charge in [-0.05, 0) is 11.6 Å². The maximum Gasteiger partial charge on any atom is 0.280 e. The van der Waals surface area contributed by atoms with Crippen molar-refractivity contribution in [1.29, 1.82) is 0 Å². The molecule has 0 atom stereocenters. The van der Waals surface area contributed by atoms with E-state index in [0.717, 1.165) is 10.0 Å². The Kier molecular flexibility index (Phi) is 4.35. The van der Waals surface area contributed by atoms with E-state index in [1.54, 1.807) is 0 Å². The number of halogens is 4. The van der Waals surface area contributed by atoms with Crippen molar-refractivity contribution in [2.75, 3.05) is 0 Å². The number of alkyl halides is 3. The molecule has 2 aromatic rings. The minimum absolute atomic E-state index is 0.0373. The van der Waals surface area contributed by atoms with E-state index in [0.29, 0.717) is 5.56 Å². The Hall–Kier alpha value is -0.940. The third-order valence-electron chi connectivity index (χ3n) is 2.59. The first-order valence-electron chi connectivity index (χ1n) is 5.25. The fourth-order valence-corrected chi connectivity index (χ4v) is 2.32. The molecule has 18 heavy (non-hydrogen) atoms. The molecule has 0 amide bonds. The summed E-state index contributed by atoms with van der Waals surface area (Å²) >= 11 is 9.01. The molecule has 6 heteroatoms. The zero-order valence-electron chi connectivity index (χ0n) is 9.28. The molecule has 0 aliphatic rings. The zero-order valence-corrected chi connectivity index (χ0v) is 11.6. The van der Waals surface area contributed by atoms with Crippen LogP contribution in [0, 0.1) is 0 Å². The van der Waals surface area contributed by atoms with Crippen LogP contribution >= 0.6 is 27.5 Å². The highest BCUT2D eigenvalue weighted by Crippen LogP contribution is 2.26. The summed E-state index contributed by atoms with van der Waals surface area (Å²) in [5.74, 6) is 0.0373. The molecule has 2 rings (SSSR count). The van der Waals surface area contributed by atoms with Crippen molar-refractivity contribution >= 4 is 27.5 Å². The average Bonchev–Trinajstić information content (AvgIpc) is 2.75. The molecule has 0 fully saturated rings. The molecule has 0 unspecified atom stereocenters. The molecule has 96 valence electrons. The second-order valence-corrected chi connectivity index (χ2v) is 4.86. The molecule has 1 aromatic heterocycles. The molecule has 0 aliphatic heterocycles. The fraction of sp³-hybridized carbons (Fsp3) is 0.250. The van der Waals surface area contributed by atoms with Crippen LogP contribution in [0.3, 0.4) is 0 Å². The second kappa shape index (κ2) is 5.80. The summed E-state index contributed by atoms with van der Waals surface area (Å²) in [5, 5.41) is 3.98. The molecule has 0 saturated heterocycles. The Labute approximate surface area is 117 Å².